The van der Waals surface area contributed by atoms with E-state index in [2.05, 4.69) is 0 Å². The zero-order valence-corrected chi connectivity index (χ0v) is 13.4. The summed E-state index contributed by atoms with van der Waals surface area (Å²) >= 11 is 0. The molecule has 0 fully saturated rings. The number of hydrogen-bond acceptors (Lipinski definition) is 0. The first kappa shape index (κ1) is 28.4. The van der Waals surface area contributed by atoms with Crippen molar-refractivity contribution >= 4 is 59.8 Å². The summed E-state index contributed by atoms with van der Waals surface area (Å²) in [6, 6.07) is 0. The SMILES string of the molecule is [Ba+2].[H-].[H-].[Mn].[SiH3].[Zn]. The fourth-order valence-corrected chi connectivity index (χ4v) is 0. The molecule has 4 heteroatoms. The molecule has 0 bridgehead atoms. The molecular weight excluding hydrogens is 286 g/mol. The third-order valence-electron chi connectivity index (χ3n) is 0. The van der Waals surface area contributed by atoms with Gasteiger partial charge < -0.3 is 2.85 Å². The second-order valence-corrected chi connectivity index (χ2v) is 0. The van der Waals surface area contributed by atoms with E-state index >= 15 is 0 Å². The van der Waals surface area contributed by atoms with Crippen molar-refractivity contribution in [1.29, 1.82) is 0 Å². The minimum absolute atomic E-state index is 0. The fourth-order valence-electron chi connectivity index (χ4n) is 0. The van der Waals surface area contributed by atoms with E-state index < -0.39 is 0 Å². The Balaban J connectivity index is 0. The van der Waals surface area contributed by atoms with Crippen LogP contribution in [0.4, 0.5) is 0 Å². The minimum atomic E-state index is 0. The number of rotatable bonds is 0. The van der Waals surface area contributed by atoms with Crippen LogP contribution in [0.1, 0.15) is 2.85 Å². The molecule has 0 nitrogen and oxygen atoms in total. The van der Waals surface area contributed by atoms with Gasteiger partial charge in [0.2, 0.25) is 0 Å². The largest absolute Gasteiger partial charge is 2.00 e. The van der Waals surface area contributed by atoms with E-state index in [1.54, 1.807) is 0 Å². The normalized spacial score (nSPS) is 0. The van der Waals surface area contributed by atoms with Gasteiger partial charge in [0.05, 0.1) is 0 Å². The standard InChI is InChI=1S/Ba.Mn.H3Si.Zn.2H/h;;1H3;;;/q+2;;;;2*-1. The van der Waals surface area contributed by atoms with Gasteiger partial charge in [0, 0.05) is 36.5 Å². The molecule has 0 N–H and O–H groups in total. The molecule has 0 rings (SSSR count). The molecule has 0 aromatic heterocycles. The van der Waals surface area contributed by atoms with Crippen molar-refractivity contribution in [3.8, 4) is 0 Å². The third-order valence-corrected chi connectivity index (χ3v) is 0. The summed E-state index contributed by atoms with van der Waals surface area (Å²) < 4.78 is 0. The summed E-state index contributed by atoms with van der Waals surface area (Å²) in [5, 5.41) is 0. The van der Waals surface area contributed by atoms with E-state index in [9.17, 15) is 0 Å². The molecule has 0 aromatic carbocycles. The van der Waals surface area contributed by atoms with E-state index in [0.29, 0.717) is 0 Å². The van der Waals surface area contributed by atoms with Crippen LogP contribution in [0, 0.1) is 0 Å². The Kier molecular flexibility index (Phi) is 119. The Bertz CT molecular complexity index is 13.5. The van der Waals surface area contributed by atoms with Crippen LogP contribution in [-0.4, -0.2) is 59.8 Å². The molecule has 0 atom stereocenters. The zero-order valence-electron chi connectivity index (χ0n) is 4.79. The van der Waals surface area contributed by atoms with Crippen molar-refractivity contribution in [2.75, 3.05) is 0 Å². The predicted molar refractivity (Wildman–Crippen MR) is 17.9 cm³/mol. The molecule has 4 heavy (non-hydrogen) atoms. The van der Waals surface area contributed by atoms with Crippen molar-refractivity contribution in [2.45, 2.75) is 0 Å². The smallest absolute Gasteiger partial charge is 1.00 e. The van der Waals surface area contributed by atoms with Gasteiger partial charge in [-0.3, -0.25) is 0 Å². The molecule has 0 heterocycles. The zero-order chi connectivity index (χ0) is 0. The van der Waals surface area contributed by atoms with Crippen LogP contribution in [0.3, 0.4) is 0 Å². The van der Waals surface area contributed by atoms with Crippen molar-refractivity contribution in [1.82, 2.24) is 0 Å². The maximum Gasteiger partial charge on any atom is 2.00 e. The van der Waals surface area contributed by atoms with Crippen molar-refractivity contribution in [2.24, 2.45) is 0 Å². The Morgan fingerprint density at radius 2 is 1.25 bits per heavy atom. The molecule has 0 aromatic rings. The quantitative estimate of drug-likeness (QED) is 0.484. The fraction of sp³-hybridized carbons (Fsp3) is 0. The van der Waals surface area contributed by atoms with Crippen LogP contribution in [0.2, 0.25) is 0 Å². The summed E-state index contributed by atoms with van der Waals surface area (Å²) in [6.07, 6.45) is 0. The molecule has 0 saturated carbocycles. The number of hydrogen-bond donors (Lipinski definition) is 0. The summed E-state index contributed by atoms with van der Waals surface area (Å²) in [6.45, 7) is 0. The molecule has 0 spiro atoms. The Labute approximate surface area is 97.2 Å². The molecule has 2 radical (unpaired) electrons. The van der Waals surface area contributed by atoms with E-state index in [1.165, 1.54) is 0 Å². The van der Waals surface area contributed by atoms with Crippen molar-refractivity contribution < 1.29 is 39.4 Å². The molecule has 0 saturated heterocycles. The third kappa shape index (κ3) is 8.87. The molecule has 0 unspecified atom stereocenters. The topological polar surface area (TPSA) is 0 Å². The average Bonchev–Trinajstić information content (AvgIpc) is 0. The molecule has 0 aliphatic carbocycles. The molecular formula is H5BaMnSiZn. The van der Waals surface area contributed by atoms with Crippen LogP contribution in [-0.2, 0) is 36.5 Å². The van der Waals surface area contributed by atoms with Crippen LogP contribution >= 0.6 is 0 Å². The molecule has 20 valence electrons. The second kappa shape index (κ2) is 16.8. The molecule has 0 aliphatic rings. The van der Waals surface area contributed by atoms with Gasteiger partial charge in [-0.15, -0.1) is 0 Å². The Morgan fingerprint density at radius 1 is 1.25 bits per heavy atom. The van der Waals surface area contributed by atoms with Crippen LogP contribution in [0.5, 0.6) is 0 Å². The van der Waals surface area contributed by atoms with Gasteiger partial charge in [0.15, 0.2) is 0 Å². The van der Waals surface area contributed by atoms with Gasteiger partial charge in [0.25, 0.3) is 0 Å². The van der Waals surface area contributed by atoms with Gasteiger partial charge in [0.1, 0.15) is 0 Å². The maximum absolute atomic E-state index is 0. The molecule has 0 aliphatic heterocycles. The van der Waals surface area contributed by atoms with Crippen molar-refractivity contribution in [3.63, 3.8) is 0 Å². The van der Waals surface area contributed by atoms with E-state index in [0.717, 1.165) is 0 Å². The second-order valence-electron chi connectivity index (χ2n) is 0. The van der Waals surface area contributed by atoms with E-state index in [1.807, 2.05) is 0 Å². The van der Waals surface area contributed by atoms with Crippen LogP contribution in [0.25, 0.3) is 0 Å². The van der Waals surface area contributed by atoms with Crippen LogP contribution < -0.4 is 0 Å². The van der Waals surface area contributed by atoms with E-state index in [-0.39, 0.29) is 99.2 Å². The first-order valence-corrected chi connectivity index (χ1v) is 0. The predicted octanol–water partition coefficient (Wildman–Crippen LogP) is -1.34. The Hall–Kier alpha value is 2.93. The Morgan fingerprint density at radius 3 is 1.25 bits per heavy atom. The molecule has 0 amide bonds. The van der Waals surface area contributed by atoms with Gasteiger partial charge in [-0.1, -0.05) is 0 Å². The van der Waals surface area contributed by atoms with Crippen molar-refractivity contribution in [3.05, 3.63) is 0 Å². The summed E-state index contributed by atoms with van der Waals surface area (Å²) in [4.78, 5) is 0. The first-order valence-electron chi connectivity index (χ1n) is 0. The van der Waals surface area contributed by atoms with Gasteiger partial charge in [-0.25, -0.2) is 0 Å². The monoisotopic (exact) mass is 290 g/mol. The van der Waals surface area contributed by atoms with Gasteiger partial charge >= 0.3 is 48.9 Å². The minimum Gasteiger partial charge on any atom is -1.00 e. The maximum atomic E-state index is 0. The summed E-state index contributed by atoms with van der Waals surface area (Å²) in [5.74, 6) is 0. The van der Waals surface area contributed by atoms with Crippen LogP contribution in [0.15, 0.2) is 0 Å². The first-order chi connectivity index (χ1) is 0. The summed E-state index contributed by atoms with van der Waals surface area (Å²) in [7, 11) is 0. The van der Waals surface area contributed by atoms with E-state index in [4.69, 9.17) is 0 Å². The van der Waals surface area contributed by atoms with Gasteiger partial charge in [-0.05, 0) is 11.0 Å². The summed E-state index contributed by atoms with van der Waals surface area (Å²) in [5.41, 5.74) is 0. The van der Waals surface area contributed by atoms with Gasteiger partial charge in [-0.2, -0.15) is 0 Å². The average molecular weight is 291 g/mol.